The van der Waals surface area contributed by atoms with Gasteiger partial charge in [-0.3, -0.25) is 0 Å². The van der Waals surface area contributed by atoms with Crippen LogP contribution in [-0.2, 0) is 10.2 Å². The average Bonchev–Trinajstić information content (AvgIpc) is 2.10. The van der Waals surface area contributed by atoms with E-state index in [0.717, 1.165) is 12.8 Å². The lowest BCUT2D eigenvalue weighted by molar-refractivity contribution is 0.402. The first kappa shape index (κ1) is 15.2. The van der Waals surface area contributed by atoms with Crippen LogP contribution >= 0.6 is 11.6 Å². The molecule has 0 bridgehead atoms. The quantitative estimate of drug-likeness (QED) is 0.555. The molecule has 0 aromatic heterocycles. The largest absolute Gasteiger partial charge is 0.279 e. The van der Waals surface area contributed by atoms with Crippen molar-refractivity contribution >= 4 is 21.8 Å². The van der Waals surface area contributed by atoms with Gasteiger partial charge in [0, 0.05) is 25.0 Å². The molecule has 1 N–H and O–H groups in total. The normalized spacial score (nSPS) is 14.9. The van der Waals surface area contributed by atoms with Crippen LogP contribution in [0.5, 0.6) is 0 Å². The van der Waals surface area contributed by atoms with E-state index in [1.165, 1.54) is 4.31 Å². The lowest BCUT2D eigenvalue weighted by Crippen LogP contribution is -2.42. The molecule has 0 saturated carbocycles. The molecule has 0 radical (unpaired) electrons. The molecular weight excluding hydrogens is 236 g/mol. The Morgan fingerprint density at radius 3 is 2.27 bits per heavy atom. The van der Waals surface area contributed by atoms with Crippen LogP contribution in [0.25, 0.3) is 0 Å². The molecule has 0 aromatic rings. The van der Waals surface area contributed by atoms with Crippen LogP contribution in [0.4, 0.5) is 0 Å². The molecule has 0 aliphatic rings. The minimum Gasteiger partial charge on any atom is -0.202 e. The topological polar surface area (TPSA) is 49.4 Å². The Morgan fingerprint density at radius 2 is 1.87 bits per heavy atom. The van der Waals surface area contributed by atoms with E-state index in [-0.39, 0.29) is 11.4 Å². The summed E-state index contributed by atoms with van der Waals surface area (Å²) in [5.74, 6) is 0. The van der Waals surface area contributed by atoms with Crippen molar-refractivity contribution in [3.63, 3.8) is 0 Å². The highest BCUT2D eigenvalue weighted by atomic mass is 35.5. The van der Waals surface area contributed by atoms with Gasteiger partial charge in [0.25, 0.3) is 10.2 Å². The molecule has 0 fully saturated rings. The third-order valence-electron chi connectivity index (χ3n) is 2.17. The minimum atomic E-state index is -3.32. The maximum Gasteiger partial charge on any atom is 0.279 e. The van der Waals surface area contributed by atoms with E-state index in [9.17, 15) is 8.42 Å². The van der Waals surface area contributed by atoms with Gasteiger partial charge in [-0.1, -0.05) is 0 Å². The Morgan fingerprint density at radius 1 is 1.33 bits per heavy atom. The highest BCUT2D eigenvalue weighted by Gasteiger charge is 2.19. The zero-order valence-corrected chi connectivity index (χ0v) is 11.4. The van der Waals surface area contributed by atoms with Gasteiger partial charge >= 0.3 is 0 Å². The van der Waals surface area contributed by atoms with E-state index < -0.39 is 10.2 Å². The van der Waals surface area contributed by atoms with Crippen LogP contribution in [0.2, 0.25) is 0 Å². The number of alkyl halides is 1. The first-order valence-corrected chi connectivity index (χ1v) is 7.01. The van der Waals surface area contributed by atoms with Gasteiger partial charge in [-0.2, -0.15) is 12.7 Å². The second-order valence-electron chi connectivity index (χ2n) is 3.93. The third-order valence-corrected chi connectivity index (χ3v) is 4.14. The summed E-state index contributed by atoms with van der Waals surface area (Å²) < 4.78 is 27.0. The van der Waals surface area contributed by atoms with E-state index in [1.807, 2.05) is 20.8 Å². The lowest BCUT2D eigenvalue weighted by Gasteiger charge is -2.21. The standard InChI is InChI=1S/C9H21ClN2O2S/c1-8(2)12(4)15(13,14)11-7-5-6-9(3)10/h8-9,11H,5-7H2,1-4H3. The SMILES string of the molecule is CC(Cl)CCCNS(=O)(=O)N(C)C(C)C. The number of rotatable bonds is 7. The van der Waals surface area contributed by atoms with Crippen LogP contribution in [0.15, 0.2) is 0 Å². The van der Waals surface area contributed by atoms with Crippen molar-refractivity contribution in [3.8, 4) is 0 Å². The Balaban J connectivity index is 3.95. The van der Waals surface area contributed by atoms with Gasteiger partial charge in [0.05, 0.1) is 0 Å². The fourth-order valence-electron chi connectivity index (χ4n) is 0.964. The second kappa shape index (κ2) is 6.68. The number of nitrogens with zero attached hydrogens (tertiary/aromatic N) is 1. The Kier molecular flexibility index (Phi) is 6.75. The van der Waals surface area contributed by atoms with Crippen molar-refractivity contribution in [3.05, 3.63) is 0 Å². The molecule has 0 heterocycles. The van der Waals surface area contributed by atoms with Crippen molar-refractivity contribution in [2.75, 3.05) is 13.6 Å². The molecule has 0 aliphatic carbocycles. The summed E-state index contributed by atoms with van der Waals surface area (Å²) in [6.07, 6.45) is 1.57. The van der Waals surface area contributed by atoms with E-state index in [0.29, 0.717) is 6.54 Å². The summed E-state index contributed by atoms with van der Waals surface area (Å²) in [7, 11) is -1.75. The van der Waals surface area contributed by atoms with Gasteiger partial charge < -0.3 is 0 Å². The molecule has 4 nitrogen and oxygen atoms in total. The van der Waals surface area contributed by atoms with E-state index in [2.05, 4.69) is 4.72 Å². The molecule has 0 saturated heterocycles. The maximum absolute atomic E-state index is 11.6. The Bertz CT molecular complexity index is 265. The number of halogens is 1. The predicted molar refractivity (Wildman–Crippen MR) is 64.4 cm³/mol. The van der Waals surface area contributed by atoms with E-state index in [4.69, 9.17) is 11.6 Å². The van der Waals surface area contributed by atoms with Crippen LogP contribution in [0, 0.1) is 0 Å². The van der Waals surface area contributed by atoms with Crippen LogP contribution < -0.4 is 4.72 Å². The molecule has 0 spiro atoms. The summed E-state index contributed by atoms with van der Waals surface area (Å²) in [6.45, 7) is 6.01. The first-order valence-electron chi connectivity index (χ1n) is 5.14. The summed E-state index contributed by atoms with van der Waals surface area (Å²) in [6, 6.07) is -0.0329. The lowest BCUT2D eigenvalue weighted by atomic mass is 10.2. The van der Waals surface area contributed by atoms with Gasteiger partial charge in [-0.15, -0.1) is 11.6 Å². The third kappa shape index (κ3) is 6.35. The van der Waals surface area contributed by atoms with Crippen molar-refractivity contribution in [2.24, 2.45) is 0 Å². The first-order chi connectivity index (χ1) is 6.77. The molecule has 92 valence electrons. The van der Waals surface area contributed by atoms with Gasteiger partial charge in [0.15, 0.2) is 0 Å². The van der Waals surface area contributed by atoms with Crippen LogP contribution in [-0.4, -0.2) is 37.7 Å². The monoisotopic (exact) mass is 256 g/mol. The number of hydrogen-bond donors (Lipinski definition) is 1. The molecular formula is C9H21ClN2O2S. The molecule has 0 aromatic carbocycles. The van der Waals surface area contributed by atoms with Gasteiger partial charge in [-0.25, -0.2) is 4.72 Å². The molecule has 0 rings (SSSR count). The zero-order valence-electron chi connectivity index (χ0n) is 9.83. The Labute approximate surface area is 98.2 Å². The minimum absolute atomic E-state index is 0.0329. The number of nitrogens with one attached hydrogen (secondary N) is 1. The predicted octanol–water partition coefficient (Wildman–Crippen LogP) is 1.57. The summed E-state index contributed by atoms with van der Waals surface area (Å²) in [5.41, 5.74) is 0. The molecule has 1 unspecified atom stereocenters. The highest BCUT2D eigenvalue weighted by Crippen LogP contribution is 2.04. The molecule has 15 heavy (non-hydrogen) atoms. The molecule has 1 atom stereocenters. The molecule has 6 heteroatoms. The van der Waals surface area contributed by atoms with Crippen molar-refractivity contribution < 1.29 is 8.42 Å². The van der Waals surface area contributed by atoms with Crippen molar-refractivity contribution in [2.45, 2.75) is 45.0 Å². The van der Waals surface area contributed by atoms with E-state index in [1.54, 1.807) is 7.05 Å². The fourth-order valence-corrected chi connectivity index (χ4v) is 2.28. The summed E-state index contributed by atoms with van der Waals surface area (Å²) in [5, 5.41) is 0.0948. The van der Waals surface area contributed by atoms with Crippen LogP contribution in [0.1, 0.15) is 33.6 Å². The van der Waals surface area contributed by atoms with Crippen molar-refractivity contribution in [1.29, 1.82) is 0 Å². The molecule has 0 aliphatic heterocycles. The number of hydrogen-bond acceptors (Lipinski definition) is 2. The average molecular weight is 257 g/mol. The zero-order chi connectivity index (χ0) is 12.1. The van der Waals surface area contributed by atoms with Crippen molar-refractivity contribution in [1.82, 2.24) is 9.03 Å². The van der Waals surface area contributed by atoms with Gasteiger partial charge in [0.1, 0.15) is 0 Å². The van der Waals surface area contributed by atoms with E-state index >= 15 is 0 Å². The maximum atomic E-state index is 11.6. The molecule has 0 amide bonds. The summed E-state index contributed by atoms with van der Waals surface area (Å²) in [4.78, 5) is 0. The Hall–Kier alpha value is 0.160. The van der Waals surface area contributed by atoms with Gasteiger partial charge in [-0.05, 0) is 33.6 Å². The summed E-state index contributed by atoms with van der Waals surface area (Å²) >= 11 is 5.75. The smallest absolute Gasteiger partial charge is 0.202 e. The van der Waals surface area contributed by atoms with Crippen LogP contribution in [0.3, 0.4) is 0 Å². The second-order valence-corrected chi connectivity index (χ2v) is 6.49. The highest BCUT2D eigenvalue weighted by molar-refractivity contribution is 7.87. The fraction of sp³-hybridized carbons (Fsp3) is 1.00. The van der Waals surface area contributed by atoms with Gasteiger partial charge in [0.2, 0.25) is 0 Å².